The van der Waals surface area contributed by atoms with Gasteiger partial charge in [0.1, 0.15) is 5.60 Å². The molecule has 0 aromatic carbocycles. The van der Waals surface area contributed by atoms with E-state index in [4.69, 9.17) is 4.74 Å². The molecule has 2 unspecified atom stereocenters. The molecule has 0 aromatic rings. The third-order valence-corrected chi connectivity index (χ3v) is 3.87. The van der Waals surface area contributed by atoms with Gasteiger partial charge in [0.25, 0.3) is 0 Å². The van der Waals surface area contributed by atoms with Crippen molar-refractivity contribution in [3.63, 3.8) is 0 Å². The first-order chi connectivity index (χ1) is 8.35. The molecule has 1 amide bonds. The van der Waals surface area contributed by atoms with Crippen LogP contribution in [0.2, 0.25) is 0 Å². The maximum absolute atomic E-state index is 12.1. The summed E-state index contributed by atoms with van der Waals surface area (Å²) in [7, 11) is 2.17. The third kappa shape index (κ3) is 3.37. The van der Waals surface area contributed by atoms with Gasteiger partial charge in [0, 0.05) is 26.2 Å². The highest BCUT2D eigenvalue weighted by atomic mass is 16.6. The molecule has 2 saturated heterocycles. The van der Waals surface area contributed by atoms with Crippen LogP contribution in [-0.2, 0) is 4.74 Å². The number of hydrogen-bond donors (Lipinski definition) is 0. The van der Waals surface area contributed by atoms with Crippen molar-refractivity contribution >= 4 is 6.09 Å². The van der Waals surface area contributed by atoms with E-state index in [-0.39, 0.29) is 6.09 Å². The number of amides is 1. The number of nitrogens with zero attached hydrogens (tertiary/aromatic N) is 2. The summed E-state index contributed by atoms with van der Waals surface area (Å²) in [6, 6.07) is 0. The van der Waals surface area contributed by atoms with Crippen molar-refractivity contribution in [1.29, 1.82) is 0 Å². The molecule has 4 nitrogen and oxygen atoms in total. The standard InChI is InChI=1S/C14H26N2O2/c1-14(2,3)18-13(17)16-7-5-6-11-8-15(4)9-12(11)10-16/h11-12H,5-10H2,1-4H3. The first-order valence-electron chi connectivity index (χ1n) is 7.01. The van der Waals surface area contributed by atoms with Crippen molar-refractivity contribution in [2.45, 2.75) is 39.2 Å². The molecule has 4 heteroatoms. The molecule has 104 valence electrons. The summed E-state index contributed by atoms with van der Waals surface area (Å²) in [5.74, 6) is 1.40. The van der Waals surface area contributed by atoms with Crippen LogP contribution in [0.3, 0.4) is 0 Å². The molecular formula is C14H26N2O2. The Hall–Kier alpha value is -0.770. The summed E-state index contributed by atoms with van der Waals surface area (Å²) in [6.45, 7) is 9.80. The predicted molar refractivity (Wildman–Crippen MR) is 71.5 cm³/mol. The van der Waals surface area contributed by atoms with Crippen molar-refractivity contribution < 1.29 is 9.53 Å². The summed E-state index contributed by atoms with van der Waals surface area (Å²) in [6.07, 6.45) is 2.21. The molecule has 18 heavy (non-hydrogen) atoms. The zero-order valence-corrected chi connectivity index (χ0v) is 12.1. The Morgan fingerprint density at radius 3 is 2.50 bits per heavy atom. The maximum Gasteiger partial charge on any atom is 0.410 e. The first-order valence-corrected chi connectivity index (χ1v) is 7.01. The van der Waals surface area contributed by atoms with Crippen LogP contribution in [0, 0.1) is 11.8 Å². The Morgan fingerprint density at radius 2 is 1.83 bits per heavy atom. The number of fused-ring (bicyclic) bond motifs is 1. The minimum atomic E-state index is -0.394. The van der Waals surface area contributed by atoms with E-state index in [1.54, 1.807) is 0 Å². The molecule has 2 rings (SSSR count). The quantitative estimate of drug-likeness (QED) is 0.664. The fourth-order valence-corrected chi connectivity index (χ4v) is 3.12. The lowest BCUT2D eigenvalue weighted by Crippen LogP contribution is -2.40. The second-order valence-corrected chi connectivity index (χ2v) is 6.81. The van der Waals surface area contributed by atoms with Gasteiger partial charge in [-0.2, -0.15) is 0 Å². The first kappa shape index (κ1) is 13.7. The van der Waals surface area contributed by atoms with E-state index in [1.165, 1.54) is 13.0 Å². The summed E-state index contributed by atoms with van der Waals surface area (Å²) in [5, 5.41) is 0. The van der Waals surface area contributed by atoms with E-state index in [1.807, 2.05) is 25.7 Å². The molecule has 0 spiro atoms. The van der Waals surface area contributed by atoms with Crippen LogP contribution in [0.15, 0.2) is 0 Å². The number of carbonyl (C=O) groups excluding carboxylic acids is 1. The summed E-state index contributed by atoms with van der Waals surface area (Å²) >= 11 is 0. The molecule has 0 saturated carbocycles. The Balaban J connectivity index is 1.96. The van der Waals surface area contributed by atoms with Gasteiger partial charge in [-0.3, -0.25) is 0 Å². The lowest BCUT2D eigenvalue weighted by atomic mass is 9.93. The molecule has 0 aromatic heterocycles. The monoisotopic (exact) mass is 254 g/mol. The molecule has 0 aliphatic carbocycles. The number of ether oxygens (including phenoxy) is 1. The molecule has 0 N–H and O–H groups in total. The molecule has 0 bridgehead atoms. The lowest BCUT2D eigenvalue weighted by Gasteiger charge is -2.28. The van der Waals surface area contributed by atoms with Crippen molar-refractivity contribution in [3.8, 4) is 0 Å². The average molecular weight is 254 g/mol. The van der Waals surface area contributed by atoms with Gasteiger partial charge in [0.05, 0.1) is 0 Å². The molecule has 2 aliphatic rings. The highest BCUT2D eigenvalue weighted by Crippen LogP contribution is 2.30. The minimum Gasteiger partial charge on any atom is -0.444 e. The Labute approximate surface area is 110 Å². The zero-order valence-electron chi connectivity index (χ0n) is 12.1. The van der Waals surface area contributed by atoms with Crippen LogP contribution >= 0.6 is 0 Å². The Bertz CT molecular complexity index is 311. The maximum atomic E-state index is 12.1. The zero-order chi connectivity index (χ0) is 13.3. The molecule has 2 atom stereocenters. The van der Waals surface area contributed by atoms with E-state index < -0.39 is 5.60 Å². The number of carbonyl (C=O) groups is 1. The van der Waals surface area contributed by atoms with E-state index in [2.05, 4.69) is 11.9 Å². The fraction of sp³-hybridized carbons (Fsp3) is 0.929. The van der Waals surface area contributed by atoms with Gasteiger partial charge in [0.15, 0.2) is 0 Å². The second kappa shape index (κ2) is 5.08. The van der Waals surface area contributed by atoms with Gasteiger partial charge in [-0.25, -0.2) is 4.79 Å². The van der Waals surface area contributed by atoms with Gasteiger partial charge >= 0.3 is 6.09 Å². The van der Waals surface area contributed by atoms with E-state index in [9.17, 15) is 4.79 Å². The summed E-state index contributed by atoms with van der Waals surface area (Å²) in [4.78, 5) is 16.4. The van der Waals surface area contributed by atoms with Crippen LogP contribution < -0.4 is 0 Å². The van der Waals surface area contributed by atoms with Crippen LogP contribution in [0.25, 0.3) is 0 Å². The Kier molecular flexibility index (Phi) is 3.85. The van der Waals surface area contributed by atoms with Crippen molar-refractivity contribution in [1.82, 2.24) is 9.80 Å². The number of rotatable bonds is 0. The second-order valence-electron chi connectivity index (χ2n) is 6.81. The van der Waals surface area contributed by atoms with Gasteiger partial charge in [-0.1, -0.05) is 0 Å². The van der Waals surface area contributed by atoms with Crippen molar-refractivity contribution in [2.24, 2.45) is 11.8 Å². The highest BCUT2D eigenvalue weighted by molar-refractivity contribution is 5.68. The van der Waals surface area contributed by atoms with Crippen molar-refractivity contribution in [3.05, 3.63) is 0 Å². The van der Waals surface area contributed by atoms with E-state index >= 15 is 0 Å². The minimum absolute atomic E-state index is 0.141. The van der Waals surface area contributed by atoms with E-state index in [0.717, 1.165) is 32.0 Å². The molecular weight excluding hydrogens is 228 g/mol. The SMILES string of the molecule is CN1CC2CCCN(C(=O)OC(C)(C)C)CC2C1. The van der Waals surface area contributed by atoms with Crippen LogP contribution in [0.5, 0.6) is 0 Å². The summed E-state index contributed by atoms with van der Waals surface area (Å²) < 4.78 is 5.48. The molecule has 2 aliphatic heterocycles. The van der Waals surface area contributed by atoms with Crippen molar-refractivity contribution in [2.75, 3.05) is 33.2 Å². The fourth-order valence-electron chi connectivity index (χ4n) is 3.12. The van der Waals surface area contributed by atoms with Gasteiger partial charge < -0.3 is 14.5 Å². The molecule has 2 fully saturated rings. The molecule has 0 radical (unpaired) electrons. The van der Waals surface area contributed by atoms with Crippen LogP contribution in [0.4, 0.5) is 4.79 Å². The highest BCUT2D eigenvalue weighted by Gasteiger charge is 2.36. The van der Waals surface area contributed by atoms with Gasteiger partial charge in [-0.05, 0) is 52.5 Å². The number of hydrogen-bond acceptors (Lipinski definition) is 3. The normalized spacial score (nSPS) is 29.9. The largest absolute Gasteiger partial charge is 0.444 e. The molecule has 2 heterocycles. The Morgan fingerprint density at radius 1 is 1.17 bits per heavy atom. The van der Waals surface area contributed by atoms with Gasteiger partial charge in [0.2, 0.25) is 0 Å². The lowest BCUT2D eigenvalue weighted by molar-refractivity contribution is 0.0232. The average Bonchev–Trinajstić information content (AvgIpc) is 2.43. The summed E-state index contributed by atoms with van der Waals surface area (Å²) in [5.41, 5.74) is -0.394. The smallest absolute Gasteiger partial charge is 0.410 e. The van der Waals surface area contributed by atoms with Crippen LogP contribution in [-0.4, -0.2) is 54.7 Å². The van der Waals surface area contributed by atoms with E-state index in [0.29, 0.717) is 5.92 Å². The van der Waals surface area contributed by atoms with Gasteiger partial charge in [-0.15, -0.1) is 0 Å². The topological polar surface area (TPSA) is 32.8 Å². The number of likely N-dealkylation sites (tertiary alicyclic amines) is 2. The third-order valence-electron chi connectivity index (χ3n) is 3.87. The predicted octanol–water partition coefficient (Wildman–Crippen LogP) is 2.20. The van der Waals surface area contributed by atoms with Crippen LogP contribution in [0.1, 0.15) is 33.6 Å².